The van der Waals surface area contributed by atoms with Crippen molar-refractivity contribution in [2.24, 2.45) is 0 Å². The van der Waals surface area contributed by atoms with Gasteiger partial charge in [0.25, 0.3) is 0 Å². The number of hydrogen-bond acceptors (Lipinski definition) is 7. The molecule has 1 aromatic heterocycles. The van der Waals surface area contributed by atoms with Crippen LogP contribution < -0.4 is 10.1 Å². The number of rotatable bonds is 8. The summed E-state index contributed by atoms with van der Waals surface area (Å²) in [5.74, 6) is 1.54. The predicted molar refractivity (Wildman–Crippen MR) is 102 cm³/mol. The number of benzene rings is 1. The molecule has 8 nitrogen and oxygen atoms in total. The molecule has 0 saturated heterocycles. The Bertz CT molecular complexity index is 793. The summed E-state index contributed by atoms with van der Waals surface area (Å²) >= 11 is 0. The number of nitrogens with zero attached hydrogens (tertiary/aromatic N) is 2. The Kier molecular flexibility index (Phi) is 7.14. The SMILES string of the molecule is COc1ccc(C(NC(=O)OC(C)(C)C)c2noc(CCCC(C)=O)n2)cc1. The fourth-order valence-electron chi connectivity index (χ4n) is 2.49. The van der Waals surface area contributed by atoms with Crippen LogP contribution in [0.4, 0.5) is 4.79 Å². The van der Waals surface area contributed by atoms with Crippen LogP contribution in [0.1, 0.15) is 63.9 Å². The fraction of sp³-hybridized carbons (Fsp3) is 0.500. The quantitative estimate of drug-likeness (QED) is 0.735. The molecule has 0 spiro atoms. The molecule has 0 saturated carbocycles. The van der Waals surface area contributed by atoms with E-state index in [2.05, 4.69) is 15.5 Å². The highest BCUT2D eigenvalue weighted by atomic mass is 16.6. The molecule has 8 heteroatoms. The predicted octanol–water partition coefficient (Wildman–Crippen LogP) is 3.60. The van der Waals surface area contributed by atoms with E-state index in [1.54, 1.807) is 46.9 Å². The summed E-state index contributed by atoms with van der Waals surface area (Å²) in [7, 11) is 1.58. The molecule has 0 aliphatic rings. The second kappa shape index (κ2) is 9.34. The highest BCUT2D eigenvalue weighted by Crippen LogP contribution is 2.23. The topological polar surface area (TPSA) is 104 Å². The molecule has 1 heterocycles. The Balaban J connectivity index is 2.21. The van der Waals surface area contributed by atoms with Crippen molar-refractivity contribution in [2.45, 2.75) is 58.6 Å². The van der Waals surface area contributed by atoms with Crippen LogP contribution in [0.3, 0.4) is 0 Å². The smallest absolute Gasteiger partial charge is 0.408 e. The minimum atomic E-state index is -0.647. The first-order valence-electron chi connectivity index (χ1n) is 9.13. The largest absolute Gasteiger partial charge is 0.497 e. The maximum Gasteiger partial charge on any atom is 0.408 e. The van der Waals surface area contributed by atoms with Crippen LogP contribution in [0.2, 0.25) is 0 Å². The van der Waals surface area contributed by atoms with Crippen LogP contribution in [0.5, 0.6) is 5.75 Å². The van der Waals surface area contributed by atoms with Crippen molar-refractivity contribution in [3.63, 3.8) is 0 Å². The number of Topliss-reactive ketones (excluding diaryl/α,β-unsaturated/α-hetero) is 1. The van der Waals surface area contributed by atoms with Gasteiger partial charge in [-0.2, -0.15) is 4.98 Å². The zero-order valence-electron chi connectivity index (χ0n) is 16.9. The number of hydrogen-bond donors (Lipinski definition) is 1. The molecule has 1 aromatic carbocycles. The van der Waals surface area contributed by atoms with Gasteiger partial charge in [0.2, 0.25) is 5.89 Å². The van der Waals surface area contributed by atoms with Crippen molar-refractivity contribution in [3.05, 3.63) is 41.5 Å². The molecule has 0 aliphatic heterocycles. The monoisotopic (exact) mass is 389 g/mol. The molecule has 0 radical (unpaired) electrons. The van der Waals surface area contributed by atoms with Gasteiger partial charge in [-0.1, -0.05) is 17.3 Å². The minimum Gasteiger partial charge on any atom is -0.497 e. The molecule has 0 fully saturated rings. The van der Waals surface area contributed by atoms with E-state index in [1.165, 1.54) is 0 Å². The van der Waals surface area contributed by atoms with Crippen molar-refractivity contribution in [2.75, 3.05) is 7.11 Å². The van der Waals surface area contributed by atoms with E-state index in [0.717, 1.165) is 5.56 Å². The van der Waals surface area contributed by atoms with E-state index < -0.39 is 17.7 Å². The van der Waals surface area contributed by atoms with Crippen LogP contribution >= 0.6 is 0 Å². The van der Waals surface area contributed by atoms with Gasteiger partial charge in [0.1, 0.15) is 23.2 Å². The molecule has 2 aromatic rings. The lowest BCUT2D eigenvalue weighted by atomic mass is 10.1. The number of ether oxygens (including phenoxy) is 2. The third kappa shape index (κ3) is 6.68. The number of carbonyl (C=O) groups excluding carboxylic acids is 2. The molecule has 0 aliphatic carbocycles. The summed E-state index contributed by atoms with van der Waals surface area (Å²) < 4.78 is 15.8. The molecule has 152 valence electrons. The zero-order valence-corrected chi connectivity index (χ0v) is 16.9. The van der Waals surface area contributed by atoms with E-state index in [9.17, 15) is 9.59 Å². The molecular weight excluding hydrogens is 362 g/mol. The Morgan fingerprint density at radius 3 is 2.46 bits per heavy atom. The van der Waals surface area contributed by atoms with Gasteiger partial charge in [-0.25, -0.2) is 4.79 Å². The van der Waals surface area contributed by atoms with E-state index in [1.807, 2.05) is 12.1 Å². The van der Waals surface area contributed by atoms with E-state index in [-0.39, 0.29) is 5.78 Å². The summed E-state index contributed by atoms with van der Waals surface area (Å²) in [5.41, 5.74) is 0.117. The zero-order chi connectivity index (χ0) is 20.7. The summed E-state index contributed by atoms with van der Waals surface area (Å²) in [6.45, 7) is 6.91. The van der Waals surface area contributed by atoms with E-state index >= 15 is 0 Å². The van der Waals surface area contributed by atoms with Gasteiger partial charge in [-0.15, -0.1) is 0 Å². The lowest BCUT2D eigenvalue weighted by Gasteiger charge is -2.22. The van der Waals surface area contributed by atoms with Gasteiger partial charge >= 0.3 is 6.09 Å². The van der Waals surface area contributed by atoms with Crippen LogP contribution in [-0.4, -0.2) is 34.7 Å². The molecule has 1 unspecified atom stereocenters. The number of amides is 1. The lowest BCUT2D eigenvalue weighted by molar-refractivity contribution is -0.117. The van der Waals surface area contributed by atoms with Crippen LogP contribution in [-0.2, 0) is 16.0 Å². The average molecular weight is 389 g/mol. The Morgan fingerprint density at radius 2 is 1.89 bits per heavy atom. The highest BCUT2D eigenvalue weighted by molar-refractivity contribution is 5.75. The van der Waals surface area contributed by atoms with Gasteiger partial charge in [-0.3, -0.25) is 0 Å². The number of carbonyl (C=O) groups is 2. The van der Waals surface area contributed by atoms with Gasteiger partial charge < -0.3 is 24.1 Å². The molecule has 1 N–H and O–H groups in total. The first kappa shape index (κ1) is 21.4. The standard InChI is InChI=1S/C20H27N3O5/c1-13(24)7-6-8-16-21-18(23-28-16)17(22-19(25)27-20(2,3)4)14-9-11-15(26-5)12-10-14/h9-12,17H,6-8H2,1-5H3,(H,22,25). The van der Waals surface area contributed by atoms with Crippen molar-refractivity contribution in [1.82, 2.24) is 15.5 Å². The van der Waals surface area contributed by atoms with Gasteiger partial charge in [0, 0.05) is 12.8 Å². The number of alkyl carbamates (subject to hydrolysis) is 1. The molecule has 1 atom stereocenters. The molecule has 1 amide bonds. The van der Waals surface area contributed by atoms with E-state index in [4.69, 9.17) is 14.0 Å². The van der Waals surface area contributed by atoms with E-state index in [0.29, 0.717) is 36.7 Å². The molecule has 0 bridgehead atoms. The van der Waals surface area contributed by atoms with Gasteiger partial charge in [0.05, 0.1) is 7.11 Å². The third-order valence-corrected chi connectivity index (χ3v) is 3.77. The number of nitrogens with one attached hydrogen (secondary N) is 1. The second-order valence-corrected chi connectivity index (χ2v) is 7.45. The number of aryl methyl sites for hydroxylation is 1. The summed E-state index contributed by atoms with van der Waals surface area (Å²) in [4.78, 5) is 27.8. The molecular formula is C20H27N3O5. The third-order valence-electron chi connectivity index (χ3n) is 3.77. The van der Waals surface area contributed by atoms with Crippen LogP contribution in [0.25, 0.3) is 0 Å². The first-order valence-corrected chi connectivity index (χ1v) is 9.13. The van der Waals surface area contributed by atoms with Crippen LogP contribution in [0, 0.1) is 0 Å². The minimum absolute atomic E-state index is 0.113. The second-order valence-electron chi connectivity index (χ2n) is 7.45. The van der Waals surface area contributed by atoms with Crippen molar-refractivity contribution in [3.8, 4) is 5.75 Å². The fourth-order valence-corrected chi connectivity index (χ4v) is 2.49. The summed E-state index contributed by atoms with van der Waals surface area (Å²) in [5, 5.41) is 6.80. The maximum absolute atomic E-state index is 12.3. The normalized spacial score (nSPS) is 12.3. The Labute approximate surface area is 164 Å². The summed E-state index contributed by atoms with van der Waals surface area (Å²) in [6, 6.07) is 6.55. The van der Waals surface area contributed by atoms with Gasteiger partial charge in [-0.05, 0) is 51.8 Å². The molecule has 28 heavy (non-hydrogen) atoms. The first-order chi connectivity index (χ1) is 13.2. The van der Waals surface area contributed by atoms with Gasteiger partial charge in [0.15, 0.2) is 5.82 Å². The van der Waals surface area contributed by atoms with Crippen molar-refractivity contribution in [1.29, 1.82) is 0 Å². The number of ketones is 1. The summed E-state index contributed by atoms with van der Waals surface area (Å²) in [6.07, 6.45) is 0.990. The Morgan fingerprint density at radius 1 is 1.21 bits per heavy atom. The number of methoxy groups -OCH3 is 1. The average Bonchev–Trinajstić information content (AvgIpc) is 3.06. The van der Waals surface area contributed by atoms with Crippen molar-refractivity contribution < 1.29 is 23.6 Å². The molecule has 2 rings (SSSR count). The van der Waals surface area contributed by atoms with Crippen LogP contribution in [0.15, 0.2) is 28.8 Å². The van der Waals surface area contributed by atoms with Crippen molar-refractivity contribution >= 4 is 11.9 Å². The Hall–Kier alpha value is -2.90. The number of aromatic nitrogens is 2. The maximum atomic E-state index is 12.3. The lowest BCUT2D eigenvalue weighted by Crippen LogP contribution is -2.35. The highest BCUT2D eigenvalue weighted by Gasteiger charge is 2.25.